The fourth-order valence-corrected chi connectivity index (χ4v) is 1.61. The van der Waals surface area contributed by atoms with E-state index in [2.05, 4.69) is 0 Å². The summed E-state index contributed by atoms with van der Waals surface area (Å²) in [6, 6.07) is 3.54. The molecule has 0 amide bonds. The third-order valence-corrected chi connectivity index (χ3v) is 2.08. The van der Waals surface area contributed by atoms with Crippen molar-refractivity contribution in [3.05, 3.63) is 28.0 Å². The number of rotatable bonds is 2. The van der Waals surface area contributed by atoms with Gasteiger partial charge < -0.3 is 14.5 Å². The number of hydrogen-bond acceptors (Lipinski definition) is 3. The molecule has 70 valence electrons. The molecule has 0 aromatic carbocycles. The van der Waals surface area contributed by atoms with Crippen molar-refractivity contribution in [1.82, 2.24) is 4.57 Å². The van der Waals surface area contributed by atoms with Crippen LogP contribution in [0, 0.1) is 18.4 Å². The summed E-state index contributed by atoms with van der Waals surface area (Å²) in [7, 11) is 0. The number of carbonyl (C=O) groups excluding carboxylic acids is 1. The number of hydrogen-bond donors (Lipinski definition) is 0. The molecule has 3 nitrogen and oxygen atoms in total. The Morgan fingerprint density at radius 3 is 2.21 bits per heavy atom. The smallest absolute Gasteiger partial charge is 0.548 e. The second-order valence-corrected chi connectivity index (χ2v) is 3.40. The van der Waals surface area contributed by atoms with Gasteiger partial charge in [-0.15, -0.1) is 0 Å². The minimum absolute atomic E-state index is 0. The van der Waals surface area contributed by atoms with E-state index in [0.717, 1.165) is 15.9 Å². The van der Waals surface area contributed by atoms with Crippen LogP contribution in [0.15, 0.2) is 12.1 Å². The van der Waals surface area contributed by atoms with Crippen molar-refractivity contribution >= 4 is 18.2 Å². The third kappa shape index (κ3) is 3.53. The van der Waals surface area contributed by atoms with Gasteiger partial charge >= 0.3 is 29.6 Å². The molecule has 1 rings (SSSR count). The molecule has 0 radical (unpaired) electrons. The second kappa shape index (κ2) is 5.66. The van der Waals surface area contributed by atoms with Crippen molar-refractivity contribution in [2.45, 2.75) is 20.4 Å². The maximum absolute atomic E-state index is 10.4. The molecule has 0 aliphatic carbocycles. The SMILES string of the molecule is Cc1cc(=S)cc(C)n1CC(=O)[O-].[Na+]. The van der Waals surface area contributed by atoms with Crippen LogP contribution in [0.4, 0.5) is 0 Å². The van der Waals surface area contributed by atoms with Crippen LogP contribution in [0.1, 0.15) is 11.4 Å². The molecule has 0 aliphatic rings. The van der Waals surface area contributed by atoms with Gasteiger partial charge in [-0.3, -0.25) is 0 Å². The summed E-state index contributed by atoms with van der Waals surface area (Å²) >= 11 is 4.98. The maximum atomic E-state index is 10.4. The molecular formula is C9H10NNaO2S. The van der Waals surface area contributed by atoms with E-state index in [1.54, 1.807) is 16.7 Å². The molecule has 0 saturated heterocycles. The first-order chi connectivity index (χ1) is 6.00. The van der Waals surface area contributed by atoms with Crippen LogP contribution in [0.3, 0.4) is 0 Å². The largest absolute Gasteiger partial charge is 1.00 e. The molecule has 0 saturated carbocycles. The zero-order valence-corrected chi connectivity index (χ0v) is 11.4. The van der Waals surface area contributed by atoms with Crippen molar-refractivity contribution in [3.63, 3.8) is 0 Å². The standard InChI is InChI=1S/C9H11NO2S.Na/c1-6-3-8(13)4-7(2)10(6)5-9(11)12;/h3-4H,5H2,1-2H3,(H,11,12);/q;+1/p-1. The molecule has 1 aromatic rings. The number of aromatic nitrogens is 1. The number of aryl methyl sites for hydroxylation is 2. The Morgan fingerprint density at radius 2 is 1.86 bits per heavy atom. The van der Waals surface area contributed by atoms with Crippen LogP contribution in [0.2, 0.25) is 0 Å². The van der Waals surface area contributed by atoms with Gasteiger partial charge in [0.1, 0.15) is 0 Å². The second-order valence-electron chi connectivity index (χ2n) is 2.93. The van der Waals surface area contributed by atoms with Gasteiger partial charge in [-0.2, -0.15) is 0 Å². The van der Waals surface area contributed by atoms with Crippen LogP contribution >= 0.6 is 12.2 Å². The van der Waals surface area contributed by atoms with Crippen molar-refractivity contribution in [2.24, 2.45) is 0 Å². The van der Waals surface area contributed by atoms with Crippen molar-refractivity contribution in [1.29, 1.82) is 0 Å². The molecule has 0 unspecified atom stereocenters. The van der Waals surface area contributed by atoms with Gasteiger partial charge in [-0.1, -0.05) is 12.2 Å². The number of nitrogens with zero attached hydrogens (tertiary/aromatic N) is 1. The Kier molecular flexibility index (Phi) is 5.59. The number of carboxylic acid groups (broad SMARTS) is 1. The first kappa shape index (κ1) is 13.8. The fourth-order valence-electron chi connectivity index (χ4n) is 1.27. The van der Waals surface area contributed by atoms with Crippen LogP contribution in [-0.2, 0) is 11.3 Å². The van der Waals surface area contributed by atoms with Crippen LogP contribution < -0.4 is 34.7 Å². The Balaban J connectivity index is 0.00000169. The van der Waals surface area contributed by atoms with Gasteiger partial charge in [0.2, 0.25) is 0 Å². The van der Waals surface area contributed by atoms with Gasteiger partial charge in [0, 0.05) is 15.9 Å². The van der Waals surface area contributed by atoms with E-state index in [0.29, 0.717) is 0 Å². The van der Waals surface area contributed by atoms with Gasteiger partial charge in [0.05, 0.1) is 12.5 Å². The van der Waals surface area contributed by atoms with E-state index in [1.807, 2.05) is 13.8 Å². The van der Waals surface area contributed by atoms with E-state index < -0.39 is 5.97 Å². The summed E-state index contributed by atoms with van der Waals surface area (Å²) in [6.45, 7) is 3.53. The molecule has 0 atom stereocenters. The maximum Gasteiger partial charge on any atom is 1.00 e. The monoisotopic (exact) mass is 219 g/mol. The summed E-state index contributed by atoms with van der Waals surface area (Å²) in [4.78, 5) is 10.4. The molecule has 5 heteroatoms. The molecule has 0 N–H and O–H groups in total. The number of carbonyl (C=O) groups is 1. The summed E-state index contributed by atoms with van der Waals surface area (Å²) in [6.07, 6.45) is 0. The zero-order valence-electron chi connectivity index (χ0n) is 8.53. The molecule has 0 aliphatic heterocycles. The topological polar surface area (TPSA) is 45.1 Å². The van der Waals surface area contributed by atoms with E-state index >= 15 is 0 Å². The van der Waals surface area contributed by atoms with Gasteiger partial charge in [-0.25, -0.2) is 0 Å². The van der Waals surface area contributed by atoms with Crippen molar-refractivity contribution in [2.75, 3.05) is 0 Å². The quantitative estimate of drug-likeness (QED) is 0.411. The van der Waals surface area contributed by atoms with Crippen LogP contribution in [0.25, 0.3) is 0 Å². The number of carboxylic acids is 1. The van der Waals surface area contributed by atoms with Gasteiger partial charge in [-0.05, 0) is 26.0 Å². The van der Waals surface area contributed by atoms with E-state index in [9.17, 15) is 9.90 Å². The summed E-state index contributed by atoms with van der Waals surface area (Å²) in [5, 5.41) is 10.4. The fraction of sp³-hybridized carbons (Fsp3) is 0.333. The molecular weight excluding hydrogens is 209 g/mol. The molecule has 0 fully saturated rings. The van der Waals surface area contributed by atoms with E-state index in [-0.39, 0.29) is 36.1 Å². The minimum Gasteiger partial charge on any atom is -0.548 e. The average Bonchev–Trinajstić information content (AvgIpc) is 1.96. The Morgan fingerprint density at radius 1 is 1.43 bits per heavy atom. The third-order valence-electron chi connectivity index (χ3n) is 1.84. The van der Waals surface area contributed by atoms with E-state index in [4.69, 9.17) is 12.2 Å². The molecule has 14 heavy (non-hydrogen) atoms. The predicted molar refractivity (Wildman–Crippen MR) is 49.7 cm³/mol. The Hall–Kier alpha value is -0.160. The molecule has 1 heterocycles. The number of pyridine rings is 1. The zero-order chi connectivity index (χ0) is 10.0. The van der Waals surface area contributed by atoms with Crippen molar-refractivity contribution < 1.29 is 39.5 Å². The number of aliphatic carboxylic acids is 1. The first-order valence-electron chi connectivity index (χ1n) is 3.88. The Bertz CT molecular complexity index is 374. The van der Waals surface area contributed by atoms with Gasteiger partial charge in [0.15, 0.2) is 0 Å². The summed E-state index contributed by atoms with van der Waals surface area (Å²) in [5.41, 5.74) is 1.68. The van der Waals surface area contributed by atoms with Crippen molar-refractivity contribution in [3.8, 4) is 0 Å². The minimum atomic E-state index is -1.09. The van der Waals surface area contributed by atoms with Gasteiger partial charge in [0.25, 0.3) is 0 Å². The van der Waals surface area contributed by atoms with Crippen LogP contribution in [-0.4, -0.2) is 10.5 Å². The summed E-state index contributed by atoms with van der Waals surface area (Å²) < 4.78 is 2.38. The molecule has 0 bridgehead atoms. The average molecular weight is 219 g/mol. The van der Waals surface area contributed by atoms with Crippen LogP contribution in [0.5, 0.6) is 0 Å². The normalized spacial score (nSPS) is 9.29. The molecule has 1 aromatic heterocycles. The van der Waals surface area contributed by atoms with E-state index in [1.165, 1.54) is 0 Å². The summed E-state index contributed by atoms with van der Waals surface area (Å²) in [5.74, 6) is -1.09. The molecule has 0 spiro atoms. The first-order valence-corrected chi connectivity index (χ1v) is 4.29. The Labute approximate surface area is 110 Å². The predicted octanol–water partition coefficient (Wildman–Crippen LogP) is -2.41.